The van der Waals surface area contributed by atoms with Crippen LogP contribution < -0.4 is 25.4 Å². The summed E-state index contributed by atoms with van der Waals surface area (Å²) in [6, 6.07) is 8.98. The molecule has 0 aliphatic rings. The zero-order chi connectivity index (χ0) is 21.6. The van der Waals surface area contributed by atoms with Crippen molar-refractivity contribution in [1.29, 1.82) is 0 Å². The first-order valence-corrected chi connectivity index (χ1v) is 8.46. The molecule has 2 rings (SSSR count). The van der Waals surface area contributed by atoms with E-state index in [9.17, 15) is 22.8 Å². The molecular weight excluding hydrogens is 391 g/mol. The Balaban J connectivity index is 2.04. The fourth-order valence-corrected chi connectivity index (χ4v) is 2.39. The van der Waals surface area contributed by atoms with Gasteiger partial charge in [0.15, 0.2) is 0 Å². The monoisotopic (exact) mass is 411 g/mol. The average molecular weight is 411 g/mol. The van der Waals surface area contributed by atoms with Gasteiger partial charge in [-0.3, -0.25) is 9.59 Å². The lowest BCUT2D eigenvalue weighted by Gasteiger charge is -2.18. The zero-order valence-electron chi connectivity index (χ0n) is 15.9. The minimum Gasteiger partial charge on any atom is -0.495 e. The number of amides is 2. The SMILES string of the molecule is COc1ccc(NC(C)=O)cc1N[C@@H](C)C(=O)Nc1ccc(OC(F)(F)F)cc1. The van der Waals surface area contributed by atoms with Gasteiger partial charge in [-0.2, -0.15) is 0 Å². The maximum Gasteiger partial charge on any atom is 0.573 e. The first kappa shape index (κ1) is 21.9. The Bertz CT molecular complexity index is 870. The zero-order valence-corrected chi connectivity index (χ0v) is 15.9. The summed E-state index contributed by atoms with van der Waals surface area (Å²) in [7, 11) is 1.47. The van der Waals surface area contributed by atoms with Gasteiger partial charge in [-0.1, -0.05) is 0 Å². The third-order valence-electron chi connectivity index (χ3n) is 3.64. The van der Waals surface area contributed by atoms with E-state index in [2.05, 4.69) is 20.7 Å². The number of ether oxygens (including phenoxy) is 2. The molecule has 1 atom stereocenters. The van der Waals surface area contributed by atoms with Gasteiger partial charge in [-0.05, 0) is 49.4 Å². The molecule has 2 aromatic rings. The summed E-state index contributed by atoms with van der Waals surface area (Å²) in [6.07, 6.45) is -4.78. The Morgan fingerprint density at radius 3 is 2.17 bits per heavy atom. The minimum absolute atomic E-state index is 0.246. The molecular formula is C19H20F3N3O4. The van der Waals surface area contributed by atoms with Crippen LogP contribution in [0.2, 0.25) is 0 Å². The summed E-state index contributed by atoms with van der Waals surface area (Å²) >= 11 is 0. The number of halogens is 3. The molecule has 10 heteroatoms. The molecule has 0 heterocycles. The topological polar surface area (TPSA) is 88.7 Å². The van der Waals surface area contributed by atoms with Crippen molar-refractivity contribution in [3.63, 3.8) is 0 Å². The van der Waals surface area contributed by atoms with Gasteiger partial charge >= 0.3 is 6.36 Å². The average Bonchev–Trinajstić information content (AvgIpc) is 2.62. The number of hydrogen-bond donors (Lipinski definition) is 3. The molecule has 0 aliphatic carbocycles. The van der Waals surface area contributed by atoms with Crippen LogP contribution in [0.4, 0.5) is 30.2 Å². The van der Waals surface area contributed by atoms with Crippen molar-refractivity contribution < 1.29 is 32.2 Å². The number of carbonyl (C=O) groups is 2. The third kappa shape index (κ3) is 6.91. The summed E-state index contributed by atoms with van der Waals surface area (Å²) in [5.41, 5.74) is 1.31. The van der Waals surface area contributed by atoms with Gasteiger partial charge in [0.25, 0.3) is 0 Å². The lowest BCUT2D eigenvalue weighted by Crippen LogP contribution is -2.32. The molecule has 0 bridgehead atoms. The van der Waals surface area contributed by atoms with E-state index in [0.29, 0.717) is 22.8 Å². The fraction of sp³-hybridized carbons (Fsp3) is 0.263. The minimum atomic E-state index is -4.78. The molecule has 0 unspecified atom stereocenters. The first-order chi connectivity index (χ1) is 13.6. The lowest BCUT2D eigenvalue weighted by atomic mass is 10.2. The van der Waals surface area contributed by atoms with Gasteiger partial charge in [0.1, 0.15) is 17.5 Å². The highest BCUT2D eigenvalue weighted by Gasteiger charge is 2.31. The van der Waals surface area contributed by atoms with Crippen LogP contribution in [-0.4, -0.2) is 31.3 Å². The Morgan fingerprint density at radius 2 is 1.62 bits per heavy atom. The van der Waals surface area contributed by atoms with E-state index in [1.165, 1.54) is 26.2 Å². The second kappa shape index (κ2) is 9.18. The normalized spacial score (nSPS) is 11.9. The summed E-state index contributed by atoms with van der Waals surface area (Å²) < 4.78 is 45.6. The van der Waals surface area contributed by atoms with Crippen LogP contribution in [-0.2, 0) is 9.59 Å². The molecule has 0 aliphatic heterocycles. The van der Waals surface area contributed by atoms with E-state index in [1.54, 1.807) is 25.1 Å². The number of rotatable bonds is 7. The predicted octanol–water partition coefficient (Wildman–Crippen LogP) is 3.99. The molecule has 7 nitrogen and oxygen atoms in total. The molecule has 0 radical (unpaired) electrons. The summed E-state index contributed by atoms with van der Waals surface area (Å²) in [4.78, 5) is 23.6. The number of carbonyl (C=O) groups excluding carboxylic acids is 2. The van der Waals surface area contributed by atoms with Crippen LogP contribution in [0.5, 0.6) is 11.5 Å². The van der Waals surface area contributed by atoms with Crippen LogP contribution >= 0.6 is 0 Å². The maximum absolute atomic E-state index is 12.4. The molecule has 0 spiro atoms. The quantitative estimate of drug-likeness (QED) is 0.641. The van der Waals surface area contributed by atoms with Crippen molar-refractivity contribution in [2.75, 3.05) is 23.1 Å². The van der Waals surface area contributed by atoms with E-state index < -0.39 is 18.3 Å². The first-order valence-electron chi connectivity index (χ1n) is 8.46. The largest absolute Gasteiger partial charge is 0.573 e. The van der Waals surface area contributed by atoms with Gasteiger partial charge in [-0.15, -0.1) is 13.2 Å². The van der Waals surface area contributed by atoms with Gasteiger partial charge < -0.3 is 25.4 Å². The van der Waals surface area contributed by atoms with Gasteiger partial charge in [0.2, 0.25) is 11.8 Å². The second-order valence-electron chi connectivity index (χ2n) is 6.02. The van der Waals surface area contributed by atoms with Crippen molar-refractivity contribution in [3.8, 4) is 11.5 Å². The summed E-state index contributed by atoms with van der Waals surface area (Å²) in [5.74, 6) is -0.597. The smallest absolute Gasteiger partial charge is 0.495 e. The molecule has 0 saturated heterocycles. The number of benzene rings is 2. The molecule has 3 N–H and O–H groups in total. The molecule has 2 aromatic carbocycles. The Labute approximate surface area is 165 Å². The summed E-state index contributed by atoms with van der Waals surface area (Å²) in [5, 5.41) is 8.20. The van der Waals surface area contributed by atoms with Gasteiger partial charge in [0, 0.05) is 18.3 Å². The number of anilines is 3. The van der Waals surface area contributed by atoms with Crippen molar-refractivity contribution in [1.82, 2.24) is 0 Å². The number of alkyl halides is 3. The van der Waals surface area contributed by atoms with Crippen molar-refractivity contribution in [3.05, 3.63) is 42.5 Å². The van der Waals surface area contributed by atoms with E-state index >= 15 is 0 Å². The maximum atomic E-state index is 12.4. The molecule has 29 heavy (non-hydrogen) atoms. The van der Waals surface area contributed by atoms with E-state index in [0.717, 1.165) is 12.1 Å². The Hall–Kier alpha value is -3.43. The number of nitrogens with one attached hydrogen (secondary N) is 3. The highest BCUT2D eigenvalue weighted by atomic mass is 19.4. The summed E-state index contributed by atoms with van der Waals surface area (Å²) in [6.45, 7) is 2.97. The predicted molar refractivity (Wildman–Crippen MR) is 102 cm³/mol. The van der Waals surface area contributed by atoms with E-state index in [-0.39, 0.29) is 11.7 Å². The molecule has 0 fully saturated rings. The van der Waals surface area contributed by atoms with Crippen molar-refractivity contribution >= 4 is 28.9 Å². The van der Waals surface area contributed by atoms with Crippen molar-refractivity contribution in [2.45, 2.75) is 26.3 Å². The van der Waals surface area contributed by atoms with Crippen LogP contribution in [0.25, 0.3) is 0 Å². The lowest BCUT2D eigenvalue weighted by molar-refractivity contribution is -0.274. The fourth-order valence-electron chi connectivity index (χ4n) is 2.39. The molecule has 0 saturated carbocycles. The molecule has 2 amide bonds. The third-order valence-corrected chi connectivity index (χ3v) is 3.64. The van der Waals surface area contributed by atoms with Crippen LogP contribution in [0, 0.1) is 0 Å². The standard InChI is InChI=1S/C19H20F3N3O4/c1-11(23-16-10-14(24-12(2)26)6-9-17(16)28-3)18(27)25-13-4-7-15(8-5-13)29-19(20,21)22/h4-11,23H,1-3H3,(H,24,26)(H,25,27)/t11-/m0/s1. The van der Waals surface area contributed by atoms with Crippen LogP contribution in [0.3, 0.4) is 0 Å². The second-order valence-corrected chi connectivity index (χ2v) is 6.02. The van der Waals surface area contributed by atoms with Gasteiger partial charge in [0.05, 0.1) is 12.8 Å². The van der Waals surface area contributed by atoms with Crippen molar-refractivity contribution in [2.24, 2.45) is 0 Å². The highest BCUT2D eigenvalue weighted by Crippen LogP contribution is 2.29. The molecule has 0 aromatic heterocycles. The Kier molecular flexibility index (Phi) is 6.92. The molecule has 156 valence electrons. The highest BCUT2D eigenvalue weighted by molar-refractivity contribution is 5.97. The van der Waals surface area contributed by atoms with Crippen LogP contribution in [0.1, 0.15) is 13.8 Å². The Morgan fingerprint density at radius 1 is 1.00 bits per heavy atom. The van der Waals surface area contributed by atoms with Gasteiger partial charge in [-0.25, -0.2) is 0 Å². The van der Waals surface area contributed by atoms with Crippen LogP contribution in [0.15, 0.2) is 42.5 Å². The number of hydrogen-bond acceptors (Lipinski definition) is 5. The number of methoxy groups -OCH3 is 1. The van der Waals surface area contributed by atoms with E-state index in [4.69, 9.17) is 4.74 Å². The van der Waals surface area contributed by atoms with E-state index in [1.807, 2.05) is 0 Å².